The van der Waals surface area contributed by atoms with E-state index in [0.717, 1.165) is 40.1 Å². The Morgan fingerprint density at radius 1 is 1.38 bits per heavy atom. The number of thioether (sulfide) groups is 1. The molecule has 2 saturated carbocycles. The van der Waals surface area contributed by atoms with Crippen molar-refractivity contribution in [2.24, 2.45) is 16.8 Å². The number of nitrogens with zero attached hydrogens (tertiary/aromatic N) is 2. The van der Waals surface area contributed by atoms with E-state index < -0.39 is 4.75 Å². The number of fused-ring (bicyclic) bond motifs is 2. The number of amidine groups is 1. The normalized spacial score (nSPS) is 34.5. The van der Waals surface area contributed by atoms with Gasteiger partial charge in [0.2, 0.25) is 5.91 Å². The molecular weight excluding hydrogens is 410 g/mol. The average Bonchev–Trinajstić information content (AvgIpc) is 3.29. The Kier molecular flexibility index (Phi) is 5.08. The molecule has 4 rings (SSSR count). The summed E-state index contributed by atoms with van der Waals surface area (Å²) in [6, 6.07) is 8.69. The van der Waals surface area contributed by atoms with Crippen molar-refractivity contribution in [2.75, 3.05) is 18.5 Å². The van der Waals surface area contributed by atoms with Gasteiger partial charge in [-0.1, -0.05) is 40.2 Å². The SMILES string of the molecule is CN(CCC1(C)SC(=NC2CC3CCC2C3)NC1=O)c1cccc(Br)c1. The van der Waals surface area contributed by atoms with Gasteiger partial charge in [-0.15, -0.1) is 0 Å². The lowest BCUT2D eigenvalue weighted by Crippen LogP contribution is -2.37. The number of carbonyl (C=O) groups excluding carboxylic acids is 1. The van der Waals surface area contributed by atoms with Crippen molar-refractivity contribution < 1.29 is 4.79 Å². The summed E-state index contributed by atoms with van der Waals surface area (Å²) in [5.74, 6) is 1.73. The zero-order chi connectivity index (χ0) is 18.3. The molecule has 1 saturated heterocycles. The lowest BCUT2D eigenvalue weighted by molar-refractivity contribution is -0.121. The second-order valence-corrected chi connectivity index (χ2v) is 10.5. The van der Waals surface area contributed by atoms with Crippen LogP contribution in [0.15, 0.2) is 33.7 Å². The molecule has 1 heterocycles. The summed E-state index contributed by atoms with van der Waals surface area (Å²) in [5.41, 5.74) is 1.15. The van der Waals surface area contributed by atoms with Crippen molar-refractivity contribution in [1.29, 1.82) is 0 Å². The zero-order valence-corrected chi connectivity index (χ0v) is 17.8. The Balaban J connectivity index is 1.38. The third-order valence-electron chi connectivity index (χ3n) is 6.18. The lowest BCUT2D eigenvalue weighted by atomic mass is 9.96. The fourth-order valence-corrected chi connectivity index (χ4v) is 5.96. The van der Waals surface area contributed by atoms with Crippen molar-refractivity contribution in [3.8, 4) is 0 Å². The molecule has 4 unspecified atom stereocenters. The van der Waals surface area contributed by atoms with Crippen molar-refractivity contribution in [1.82, 2.24) is 5.32 Å². The first kappa shape index (κ1) is 18.4. The molecule has 26 heavy (non-hydrogen) atoms. The fourth-order valence-electron chi connectivity index (χ4n) is 4.48. The van der Waals surface area contributed by atoms with Crippen LogP contribution in [-0.4, -0.2) is 35.5 Å². The van der Waals surface area contributed by atoms with E-state index >= 15 is 0 Å². The maximum atomic E-state index is 12.6. The van der Waals surface area contributed by atoms with Gasteiger partial charge < -0.3 is 10.2 Å². The standard InChI is InChI=1S/C20H26BrN3OS/c1-20(8-9-24(2)16-5-3-4-15(21)12-16)18(25)23-19(26-20)22-17-11-13-6-7-14(17)10-13/h3-5,12-14,17H,6-11H2,1-2H3,(H,22,23,25). The Hall–Kier alpha value is -1.01. The molecule has 2 bridgehead atoms. The Morgan fingerprint density at radius 2 is 2.23 bits per heavy atom. The van der Waals surface area contributed by atoms with Crippen LogP contribution >= 0.6 is 27.7 Å². The second-order valence-electron chi connectivity index (χ2n) is 8.11. The van der Waals surface area contributed by atoms with E-state index in [1.54, 1.807) is 11.8 Å². The van der Waals surface area contributed by atoms with Crippen LogP contribution in [0.2, 0.25) is 0 Å². The third-order valence-corrected chi connectivity index (χ3v) is 7.91. The molecule has 4 atom stereocenters. The largest absolute Gasteiger partial charge is 0.374 e. The Morgan fingerprint density at radius 3 is 2.92 bits per heavy atom. The molecule has 6 heteroatoms. The van der Waals surface area contributed by atoms with Gasteiger partial charge in [-0.25, -0.2) is 0 Å². The molecule has 1 aliphatic heterocycles. The van der Waals surface area contributed by atoms with E-state index in [0.29, 0.717) is 6.04 Å². The molecule has 3 aliphatic rings. The number of anilines is 1. The topological polar surface area (TPSA) is 44.7 Å². The van der Waals surface area contributed by atoms with E-state index in [9.17, 15) is 4.79 Å². The number of aliphatic imine (C=N–C) groups is 1. The molecule has 140 valence electrons. The van der Waals surface area contributed by atoms with Crippen LogP contribution in [0.1, 0.15) is 39.0 Å². The minimum atomic E-state index is -0.434. The monoisotopic (exact) mass is 435 g/mol. The van der Waals surface area contributed by atoms with E-state index in [2.05, 4.69) is 45.3 Å². The molecule has 1 amide bonds. The molecule has 1 aromatic carbocycles. The Labute approximate surface area is 168 Å². The highest BCUT2D eigenvalue weighted by molar-refractivity contribution is 9.10. The summed E-state index contributed by atoms with van der Waals surface area (Å²) >= 11 is 5.15. The van der Waals surface area contributed by atoms with Crippen LogP contribution < -0.4 is 10.2 Å². The van der Waals surface area contributed by atoms with Crippen LogP contribution in [0.5, 0.6) is 0 Å². The minimum Gasteiger partial charge on any atom is -0.374 e. The van der Waals surface area contributed by atoms with Crippen molar-refractivity contribution in [2.45, 2.75) is 49.8 Å². The number of nitrogens with one attached hydrogen (secondary N) is 1. The number of rotatable bonds is 5. The van der Waals surface area contributed by atoms with Crippen molar-refractivity contribution >= 4 is 44.5 Å². The van der Waals surface area contributed by atoms with Gasteiger partial charge in [0, 0.05) is 23.8 Å². The summed E-state index contributed by atoms with van der Waals surface area (Å²) in [5, 5.41) is 3.90. The highest BCUT2D eigenvalue weighted by atomic mass is 79.9. The van der Waals surface area contributed by atoms with Crippen LogP contribution in [-0.2, 0) is 4.79 Å². The molecular formula is C20H26BrN3OS. The number of carbonyl (C=O) groups is 1. The van der Waals surface area contributed by atoms with Gasteiger partial charge in [-0.2, -0.15) is 0 Å². The predicted molar refractivity (Wildman–Crippen MR) is 113 cm³/mol. The summed E-state index contributed by atoms with van der Waals surface area (Å²) < 4.78 is 0.637. The number of hydrogen-bond donors (Lipinski definition) is 1. The van der Waals surface area contributed by atoms with Gasteiger partial charge in [0.05, 0.1) is 6.04 Å². The maximum absolute atomic E-state index is 12.6. The van der Waals surface area contributed by atoms with E-state index in [1.165, 1.54) is 25.7 Å². The Bertz CT molecular complexity index is 740. The molecule has 3 fully saturated rings. The number of benzene rings is 1. The third kappa shape index (κ3) is 3.68. The number of hydrogen-bond acceptors (Lipinski definition) is 4. The van der Waals surface area contributed by atoms with Crippen LogP contribution in [0.3, 0.4) is 0 Å². The molecule has 0 spiro atoms. The molecule has 4 nitrogen and oxygen atoms in total. The number of amides is 1. The van der Waals surface area contributed by atoms with Gasteiger partial charge in [0.15, 0.2) is 5.17 Å². The summed E-state index contributed by atoms with van der Waals surface area (Å²) in [4.78, 5) is 19.7. The van der Waals surface area contributed by atoms with Gasteiger partial charge >= 0.3 is 0 Å². The van der Waals surface area contributed by atoms with Crippen molar-refractivity contribution in [3.63, 3.8) is 0 Å². The fraction of sp³-hybridized carbons (Fsp3) is 0.600. The van der Waals surface area contributed by atoms with E-state index in [1.807, 2.05) is 19.1 Å². The highest BCUT2D eigenvalue weighted by Gasteiger charge is 2.44. The second kappa shape index (κ2) is 7.19. The zero-order valence-electron chi connectivity index (χ0n) is 15.4. The summed E-state index contributed by atoms with van der Waals surface area (Å²) in [7, 11) is 2.08. The first-order chi connectivity index (χ1) is 12.4. The van der Waals surface area contributed by atoms with Gasteiger partial charge in [-0.05, 0) is 62.6 Å². The van der Waals surface area contributed by atoms with Crippen molar-refractivity contribution in [3.05, 3.63) is 28.7 Å². The summed E-state index contributed by atoms with van der Waals surface area (Å²) in [6.45, 7) is 2.87. The number of halogens is 1. The summed E-state index contributed by atoms with van der Waals surface area (Å²) in [6.07, 6.45) is 6.05. The average molecular weight is 436 g/mol. The minimum absolute atomic E-state index is 0.104. The first-order valence-corrected chi connectivity index (χ1v) is 11.1. The lowest BCUT2D eigenvalue weighted by Gasteiger charge is -2.25. The van der Waals surface area contributed by atoms with Crippen LogP contribution in [0.25, 0.3) is 0 Å². The molecule has 1 aromatic rings. The van der Waals surface area contributed by atoms with Gasteiger partial charge in [0.25, 0.3) is 0 Å². The molecule has 2 aliphatic carbocycles. The molecule has 0 radical (unpaired) electrons. The van der Waals surface area contributed by atoms with Gasteiger partial charge in [-0.3, -0.25) is 9.79 Å². The quantitative estimate of drug-likeness (QED) is 0.742. The van der Waals surface area contributed by atoms with Crippen LogP contribution in [0.4, 0.5) is 5.69 Å². The molecule has 1 N–H and O–H groups in total. The highest BCUT2D eigenvalue weighted by Crippen LogP contribution is 2.46. The van der Waals surface area contributed by atoms with Gasteiger partial charge in [0.1, 0.15) is 4.75 Å². The predicted octanol–water partition coefficient (Wildman–Crippen LogP) is 4.44. The first-order valence-electron chi connectivity index (χ1n) is 9.48. The van der Waals surface area contributed by atoms with E-state index in [-0.39, 0.29) is 5.91 Å². The smallest absolute Gasteiger partial charge is 0.242 e. The van der Waals surface area contributed by atoms with E-state index in [4.69, 9.17) is 4.99 Å². The van der Waals surface area contributed by atoms with Crippen LogP contribution in [0, 0.1) is 11.8 Å². The molecule has 0 aromatic heterocycles. The maximum Gasteiger partial charge on any atom is 0.242 e.